The monoisotopic (exact) mass is 452 g/mol. The highest BCUT2D eigenvalue weighted by molar-refractivity contribution is 9.10. The number of furan rings is 1. The first-order chi connectivity index (χ1) is 12.6. The normalized spacial score (nSPS) is 11.9. The van der Waals surface area contributed by atoms with Crippen LogP contribution in [0.25, 0.3) is 0 Å². The lowest BCUT2D eigenvalue weighted by Gasteiger charge is -2.15. The van der Waals surface area contributed by atoms with Crippen LogP contribution in [-0.2, 0) is 11.3 Å². The van der Waals surface area contributed by atoms with E-state index in [0.29, 0.717) is 17.4 Å². The average Bonchev–Trinajstić information content (AvgIpc) is 3.30. The molecule has 0 bridgehead atoms. The molecule has 0 radical (unpaired) electrons. The minimum absolute atomic E-state index is 0.0430. The predicted octanol–water partition coefficient (Wildman–Crippen LogP) is 4.48. The van der Waals surface area contributed by atoms with E-state index in [4.69, 9.17) is 4.42 Å². The number of amides is 1. The fourth-order valence-electron chi connectivity index (χ4n) is 2.23. The van der Waals surface area contributed by atoms with Crippen molar-refractivity contribution >= 4 is 50.1 Å². The van der Waals surface area contributed by atoms with Crippen molar-refractivity contribution in [3.8, 4) is 0 Å². The molecule has 9 heteroatoms. The Kier molecular flexibility index (Phi) is 6.70. The number of nitrogens with one attached hydrogen (secondary N) is 2. The molecule has 1 atom stereocenters. The van der Waals surface area contributed by atoms with E-state index in [1.54, 1.807) is 6.26 Å². The molecular formula is C17H17BrN4O2S2. The van der Waals surface area contributed by atoms with Crippen LogP contribution in [0.2, 0.25) is 0 Å². The van der Waals surface area contributed by atoms with E-state index in [1.165, 1.54) is 23.1 Å². The summed E-state index contributed by atoms with van der Waals surface area (Å²) in [6, 6.07) is 11.5. The number of hydrogen-bond donors (Lipinski definition) is 2. The van der Waals surface area contributed by atoms with E-state index in [1.807, 2.05) is 43.3 Å². The Bertz CT molecular complexity index is 854. The summed E-state index contributed by atoms with van der Waals surface area (Å²) in [4.78, 5) is 12.2. The molecule has 2 N–H and O–H groups in total. The third-order valence-corrected chi connectivity index (χ3v) is 6.21. The summed E-state index contributed by atoms with van der Waals surface area (Å²) in [5, 5.41) is 15.0. The molecule has 2 heterocycles. The van der Waals surface area contributed by atoms with Crippen molar-refractivity contribution in [3.63, 3.8) is 0 Å². The van der Waals surface area contributed by atoms with Gasteiger partial charge in [0, 0.05) is 4.47 Å². The smallest absolute Gasteiger partial charge is 0.230 e. The van der Waals surface area contributed by atoms with Crippen molar-refractivity contribution < 1.29 is 9.21 Å². The minimum Gasteiger partial charge on any atom is -0.467 e. The van der Waals surface area contributed by atoms with Crippen molar-refractivity contribution in [1.82, 2.24) is 15.5 Å². The first-order valence-corrected chi connectivity index (χ1v) is 10.5. The van der Waals surface area contributed by atoms with Crippen molar-refractivity contribution in [1.29, 1.82) is 0 Å². The largest absolute Gasteiger partial charge is 0.467 e. The fraction of sp³-hybridized carbons (Fsp3) is 0.235. The number of anilines is 1. The van der Waals surface area contributed by atoms with Crippen LogP contribution in [0.1, 0.15) is 24.3 Å². The van der Waals surface area contributed by atoms with Crippen LogP contribution < -0.4 is 10.6 Å². The molecule has 0 fully saturated rings. The molecule has 0 aliphatic carbocycles. The number of halogens is 1. The Morgan fingerprint density at radius 1 is 1.31 bits per heavy atom. The van der Waals surface area contributed by atoms with Gasteiger partial charge in [0.25, 0.3) is 0 Å². The molecule has 0 saturated heterocycles. The second-order valence-corrected chi connectivity index (χ2v) is 8.46. The van der Waals surface area contributed by atoms with Gasteiger partial charge in [-0.2, -0.15) is 0 Å². The van der Waals surface area contributed by atoms with Gasteiger partial charge in [-0.3, -0.25) is 4.79 Å². The summed E-state index contributed by atoms with van der Waals surface area (Å²) < 4.78 is 6.98. The summed E-state index contributed by atoms with van der Waals surface area (Å²) in [5.74, 6) is 1.08. The van der Waals surface area contributed by atoms with Gasteiger partial charge in [-0.1, -0.05) is 57.2 Å². The van der Waals surface area contributed by atoms with Crippen LogP contribution in [0.5, 0.6) is 0 Å². The Morgan fingerprint density at radius 3 is 2.92 bits per heavy atom. The molecule has 2 aromatic heterocycles. The lowest BCUT2D eigenvalue weighted by Crippen LogP contribution is -2.28. The zero-order valence-electron chi connectivity index (χ0n) is 13.9. The number of rotatable bonds is 8. The van der Waals surface area contributed by atoms with Crippen molar-refractivity contribution in [3.05, 3.63) is 58.5 Å². The zero-order chi connectivity index (χ0) is 18.4. The van der Waals surface area contributed by atoms with Crippen molar-refractivity contribution in [2.45, 2.75) is 23.8 Å². The van der Waals surface area contributed by atoms with Gasteiger partial charge in [-0.05, 0) is 30.7 Å². The summed E-state index contributed by atoms with van der Waals surface area (Å²) in [6.07, 6.45) is 1.63. The molecule has 0 aliphatic heterocycles. The molecule has 0 spiro atoms. The quantitative estimate of drug-likeness (QED) is 0.490. The van der Waals surface area contributed by atoms with Crippen LogP contribution in [0.4, 0.5) is 5.13 Å². The third kappa shape index (κ3) is 5.33. The molecule has 1 aromatic carbocycles. The maximum Gasteiger partial charge on any atom is 0.230 e. The van der Waals surface area contributed by atoms with E-state index >= 15 is 0 Å². The molecule has 0 aliphatic rings. The van der Waals surface area contributed by atoms with Crippen LogP contribution in [-0.4, -0.2) is 21.9 Å². The summed E-state index contributed by atoms with van der Waals surface area (Å²) in [5.41, 5.74) is 1.05. The van der Waals surface area contributed by atoms with Crippen LogP contribution in [0.15, 0.2) is 55.9 Å². The van der Waals surface area contributed by atoms with E-state index in [0.717, 1.165) is 20.1 Å². The molecule has 0 unspecified atom stereocenters. The lowest BCUT2D eigenvalue weighted by molar-refractivity contribution is -0.119. The summed E-state index contributed by atoms with van der Waals surface area (Å²) >= 11 is 6.29. The minimum atomic E-state index is -0.0707. The highest BCUT2D eigenvalue weighted by Crippen LogP contribution is 2.26. The maximum atomic E-state index is 12.2. The molecule has 26 heavy (non-hydrogen) atoms. The van der Waals surface area contributed by atoms with Gasteiger partial charge in [-0.25, -0.2) is 0 Å². The summed E-state index contributed by atoms with van der Waals surface area (Å²) in [6.45, 7) is 2.51. The van der Waals surface area contributed by atoms with Gasteiger partial charge in [0.15, 0.2) is 4.34 Å². The lowest BCUT2D eigenvalue weighted by atomic mass is 10.1. The molecule has 3 rings (SSSR count). The van der Waals surface area contributed by atoms with Crippen molar-refractivity contribution in [2.75, 3.05) is 11.1 Å². The number of nitrogens with zero attached hydrogens (tertiary/aromatic N) is 2. The molecule has 3 aromatic rings. The first-order valence-electron chi connectivity index (χ1n) is 7.88. The van der Waals surface area contributed by atoms with Crippen LogP contribution in [0.3, 0.4) is 0 Å². The standard InChI is InChI=1S/C17H17BrN4O2S2/c1-11(13-6-2-3-7-14(13)18)20-15(23)10-25-17-22-21-16(26-17)19-9-12-5-4-8-24-12/h2-8,11H,9-10H2,1H3,(H,19,21)(H,20,23)/t11-/m1/s1. The number of thioether (sulfide) groups is 1. The van der Waals surface area contributed by atoms with Crippen LogP contribution >= 0.6 is 39.0 Å². The second kappa shape index (κ2) is 9.20. The average molecular weight is 453 g/mol. The molecular weight excluding hydrogens is 436 g/mol. The van der Waals surface area contributed by atoms with Gasteiger partial charge in [0.2, 0.25) is 11.0 Å². The number of carbonyl (C=O) groups excluding carboxylic acids is 1. The topological polar surface area (TPSA) is 80.0 Å². The molecule has 6 nitrogen and oxygen atoms in total. The van der Waals surface area contributed by atoms with E-state index in [2.05, 4.69) is 36.8 Å². The summed E-state index contributed by atoms with van der Waals surface area (Å²) in [7, 11) is 0. The van der Waals surface area contributed by atoms with Crippen molar-refractivity contribution in [2.24, 2.45) is 0 Å². The van der Waals surface area contributed by atoms with Gasteiger partial charge in [0.1, 0.15) is 5.76 Å². The van der Waals surface area contributed by atoms with Crippen LogP contribution in [0, 0.1) is 0 Å². The molecule has 1 amide bonds. The number of hydrogen-bond acceptors (Lipinski definition) is 7. The second-order valence-electron chi connectivity index (χ2n) is 5.41. The number of benzene rings is 1. The SMILES string of the molecule is C[C@@H](NC(=O)CSc1nnc(NCc2ccco2)s1)c1ccccc1Br. The first kappa shape index (κ1) is 18.9. The molecule has 0 saturated carbocycles. The number of carbonyl (C=O) groups is 1. The number of aromatic nitrogens is 2. The predicted molar refractivity (Wildman–Crippen MR) is 107 cm³/mol. The van der Waals surface area contributed by atoms with Gasteiger partial charge in [-0.15, -0.1) is 10.2 Å². The molecule has 136 valence electrons. The van der Waals surface area contributed by atoms with E-state index in [-0.39, 0.29) is 11.9 Å². The highest BCUT2D eigenvalue weighted by Gasteiger charge is 2.13. The van der Waals surface area contributed by atoms with Gasteiger partial charge < -0.3 is 15.1 Å². The Morgan fingerprint density at radius 2 is 2.15 bits per heavy atom. The van der Waals surface area contributed by atoms with E-state index in [9.17, 15) is 4.79 Å². The van der Waals surface area contributed by atoms with E-state index < -0.39 is 0 Å². The highest BCUT2D eigenvalue weighted by atomic mass is 79.9. The van der Waals surface area contributed by atoms with Gasteiger partial charge in [0.05, 0.1) is 24.6 Å². The Labute approximate surface area is 167 Å². The fourth-order valence-corrected chi connectivity index (χ4v) is 4.42. The maximum absolute atomic E-state index is 12.2. The Balaban J connectivity index is 1.45. The zero-order valence-corrected chi connectivity index (χ0v) is 17.2. The third-order valence-electron chi connectivity index (χ3n) is 3.48. The van der Waals surface area contributed by atoms with Gasteiger partial charge >= 0.3 is 0 Å². The Hall–Kier alpha value is -1.84.